The van der Waals surface area contributed by atoms with E-state index in [2.05, 4.69) is 6.58 Å². The van der Waals surface area contributed by atoms with Crippen molar-refractivity contribution < 1.29 is 19.1 Å². The van der Waals surface area contributed by atoms with E-state index in [4.69, 9.17) is 9.47 Å². The number of hydrogen-bond acceptors (Lipinski definition) is 4. The third-order valence-corrected chi connectivity index (χ3v) is 2.73. The summed E-state index contributed by atoms with van der Waals surface area (Å²) in [6, 6.07) is 0. The predicted molar refractivity (Wildman–Crippen MR) is 67.0 cm³/mol. The summed E-state index contributed by atoms with van der Waals surface area (Å²) < 4.78 is 10.3. The molecule has 1 saturated heterocycles. The fourth-order valence-electron chi connectivity index (χ4n) is 1.98. The van der Waals surface area contributed by atoms with E-state index < -0.39 is 5.60 Å². The molecule has 5 nitrogen and oxygen atoms in total. The molecule has 1 heterocycles. The second-order valence-electron chi connectivity index (χ2n) is 5.44. The summed E-state index contributed by atoms with van der Waals surface area (Å²) in [7, 11) is 0. The molecule has 1 amide bonds. The molecule has 0 aromatic rings. The lowest BCUT2D eigenvalue weighted by atomic mass is 10.0. The molecule has 0 N–H and O–H groups in total. The van der Waals surface area contributed by atoms with Crippen LogP contribution in [0.2, 0.25) is 0 Å². The van der Waals surface area contributed by atoms with Crippen molar-refractivity contribution in [1.29, 1.82) is 0 Å². The third-order valence-electron chi connectivity index (χ3n) is 2.73. The van der Waals surface area contributed by atoms with Crippen LogP contribution in [-0.2, 0) is 14.3 Å². The Bertz CT molecular complexity index is 303. The van der Waals surface area contributed by atoms with E-state index in [1.165, 1.54) is 0 Å². The van der Waals surface area contributed by atoms with Gasteiger partial charge in [-0.3, -0.25) is 4.79 Å². The van der Waals surface area contributed by atoms with Crippen LogP contribution in [0.25, 0.3) is 0 Å². The van der Waals surface area contributed by atoms with E-state index in [9.17, 15) is 9.59 Å². The third kappa shape index (κ3) is 4.05. The Morgan fingerprint density at radius 1 is 1.44 bits per heavy atom. The van der Waals surface area contributed by atoms with Gasteiger partial charge in [0.2, 0.25) is 0 Å². The molecule has 1 aliphatic rings. The smallest absolute Gasteiger partial charge is 0.410 e. The standard InChI is InChI=1S/C13H21NO4/c1-5-6-10-7-14(8-11(10)17-9-15)12(16)18-13(2,3)4/h5,9-11H,1,6-8H2,2-4H3. The summed E-state index contributed by atoms with van der Waals surface area (Å²) >= 11 is 0. The number of nitrogens with zero attached hydrogens (tertiary/aromatic N) is 1. The first-order valence-corrected chi connectivity index (χ1v) is 6.05. The van der Waals surface area contributed by atoms with E-state index in [1.807, 2.05) is 20.8 Å². The maximum absolute atomic E-state index is 11.9. The Kier molecular flexibility index (Phi) is 4.76. The number of likely N-dealkylation sites (tertiary alicyclic amines) is 1. The Labute approximate surface area is 108 Å². The van der Waals surface area contributed by atoms with Gasteiger partial charge in [-0.15, -0.1) is 6.58 Å². The molecule has 1 fully saturated rings. The molecule has 0 radical (unpaired) electrons. The number of ether oxygens (including phenoxy) is 2. The van der Waals surface area contributed by atoms with Gasteiger partial charge in [0.15, 0.2) is 0 Å². The van der Waals surface area contributed by atoms with E-state index in [1.54, 1.807) is 11.0 Å². The van der Waals surface area contributed by atoms with Crippen LogP contribution in [0.4, 0.5) is 4.79 Å². The van der Waals surface area contributed by atoms with Crippen LogP contribution in [0, 0.1) is 5.92 Å². The average Bonchev–Trinajstić information content (AvgIpc) is 2.61. The first-order valence-electron chi connectivity index (χ1n) is 6.05. The number of hydrogen-bond donors (Lipinski definition) is 0. The fourth-order valence-corrected chi connectivity index (χ4v) is 1.98. The zero-order valence-corrected chi connectivity index (χ0v) is 11.2. The lowest BCUT2D eigenvalue weighted by Crippen LogP contribution is -2.36. The highest BCUT2D eigenvalue weighted by Crippen LogP contribution is 2.24. The Hall–Kier alpha value is -1.52. The van der Waals surface area contributed by atoms with Crippen molar-refractivity contribution in [1.82, 2.24) is 4.90 Å². The second-order valence-corrected chi connectivity index (χ2v) is 5.44. The van der Waals surface area contributed by atoms with Gasteiger partial charge in [-0.25, -0.2) is 4.79 Å². The highest BCUT2D eigenvalue weighted by Gasteiger charge is 2.37. The van der Waals surface area contributed by atoms with Gasteiger partial charge in [0.05, 0.1) is 6.54 Å². The maximum Gasteiger partial charge on any atom is 0.410 e. The summed E-state index contributed by atoms with van der Waals surface area (Å²) in [4.78, 5) is 23.9. The Balaban J connectivity index is 2.62. The molecule has 102 valence electrons. The van der Waals surface area contributed by atoms with Crippen molar-refractivity contribution >= 4 is 12.6 Å². The lowest BCUT2D eigenvalue weighted by molar-refractivity contribution is -0.134. The van der Waals surface area contributed by atoms with Crippen molar-refractivity contribution in [2.24, 2.45) is 5.92 Å². The van der Waals surface area contributed by atoms with Crippen molar-refractivity contribution in [2.75, 3.05) is 13.1 Å². The molecule has 0 saturated carbocycles. The zero-order valence-electron chi connectivity index (χ0n) is 11.2. The minimum absolute atomic E-state index is 0.0974. The number of carbonyl (C=O) groups excluding carboxylic acids is 2. The Morgan fingerprint density at radius 2 is 2.11 bits per heavy atom. The molecule has 1 rings (SSSR count). The van der Waals surface area contributed by atoms with Crippen LogP contribution in [-0.4, -0.2) is 42.3 Å². The number of amides is 1. The van der Waals surface area contributed by atoms with Gasteiger partial charge in [0, 0.05) is 12.5 Å². The quantitative estimate of drug-likeness (QED) is 0.569. The molecular formula is C13H21NO4. The second kappa shape index (κ2) is 5.89. The largest absolute Gasteiger partial charge is 0.462 e. The van der Waals surface area contributed by atoms with Gasteiger partial charge in [-0.1, -0.05) is 6.08 Å². The van der Waals surface area contributed by atoms with Crippen LogP contribution in [0.1, 0.15) is 27.2 Å². The summed E-state index contributed by atoms with van der Waals surface area (Å²) in [5.41, 5.74) is -0.519. The van der Waals surface area contributed by atoms with Gasteiger partial charge in [0.25, 0.3) is 6.47 Å². The lowest BCUT2D eigenvalue weighted by Gasteiger charge is -2.24. The first-order chi connectivity index (χ1) is 8.37. The van der Waals surface area contributed by atoms with E-state index in [-0.39, 0.29) is 18.1 Å². The Morgan fingerprint density at radius 3 is 2.61 bits per heavy atom. The highest BCUT2D eigenvalue weighted by atomic mass is 16.6. The molecular weight excluding hydrogens is 234 g/mol. The molecule has 2 unspecified atom stereocenters. The number of carbonyl (C=O) groups is 2. The van der Waals surface area contributed by atoms with E-state index in [0.29, 0.717) is 26.0 Å². The molecule has 5 heteroatoms. The van der Waals surface area contributed by atoms with Gasteiger partial charge in [0.1, 0.15) is 11.7 Å². The zero-order chi connectivity index (χ0) is 13.8. The fraction of sp³-hybridized carbons (Fsp3) is 0.692. The number of allylic oxidation sites excluding steroid dienone is 1. The van der Waals surface area contributed by atoms with Gasteiger partial charge in [-0.2, -0.15) is 0 Å². The molecule has 0 aromatic carbocycles. The minimum atomic E-state index is -0.519. The monoisotopic (exact) mass is 255 g/mol. The van der Waals surface area contributed by atoms with E-state index >= 15 is 0 Å². The van der Waals surface area contributed by atoms with Crippen LogP contribution in [0.15, 0.2) is 12.7 Å². The topological polar surface area (TPSA) is 55.8 Å². The molecule has 0 aromatic heterocycles. The summed E-state index contributed by atoms with van der Waals surface area (Å²) in [5, 5.41) is 0. The predicted octanol–water partition coefficient (Wildman–Crippen LogP) is 1.97. The van der Waals surface area contributed by atoms with Gasteiger partial charge in [-0.05, 0) is 27.2 Å². The van der Waals surface area contributed by atoms with Crippen LogP contribution >= 0.6 is 0 Å². The minimum Gasteiger partial charge on any atom is -0.462 e. The normalized spacial score (nSPS) is 23.6. The van der Waals surface area contributed by atoms with E-state index in [0.717, 1.165) is 0 Å². The van der Waals surface area contributed by atoms with Crippen molar-refractivity contribution in [3.05, 3.63) is 12.7 Å². The molecule has 0 bridgehead atoms. The molecule has 2 atom stereocenters. The highest BCUT2D eigenvalue weighted by molar-refractivity contribution is 5.68. The molecule has 0 spiro atoms. The van der Waals surface area contributed by atoms with Gasteiger partial charge >= 0.3 is 6.09 Å². The number of rotatable bonds is 4. The SMILES string of the molecule is C=CCC1CN(C(=O)OC(C)(C)C)CC1OC=O. The molecule has 1 aliphatic heterocycles. The van der Waals surface area contributed by atoms with Crippen molar-refractivity contribution in [2.45, 2.75) is 38.9 Å². The van der Waals surface area contributed by atoms with Crippen molar-refractivity contribution in [3.63, 3.8) is 0 Å². The van der Waals surface area contributed by atoms with Crippen LogP contribution in [0.3, 0.4) is 0 Å². The first kappa shape index (κ1) is 14.5. The van der Waals surface area contributed by atoms with Crippen LogP contribution in [0.5, 0.6) is 0 Å². The van der Waals surface area contributed by atoms with Crippen LogP contribution < -0.4 is 0 Å². The van der Waals surface area contributed by atoms with Gasteiger partial charge < -0.3 is 14.4 Å². The molecule has 0 aliphatic carbocycles. The summed E-state index contributed by atoms with van der Waals surface area (Å²) in [5.74, 6) is 0.0974. The molecule has 18 heavy (non-hydrogen) atoms. The van der Waals surface area contributed by atoms with Crippen molar-refractivity contribution in [3.8, 4) is 0 Å². The summed E-state index contributed by atoms with van der Waals surface area (Å²) in [6.45, 7) is 10.5. The summed E-state index contributed by atoms with van der Waals surface area (Å²) in [6.07, 6.45) is 1.84. The maximum atomic E-state index is 11.9. The average molecular weight is 255 g/mol.